The summed E-state index contributed by atoms with van der Waals surface area (Å²) in [6, 6.07) is -2.73. The van der Waals surface area contributed by atoms with Gasteiger partial charge < -0.3 is 30.9 Å². The second kappa shape index (κ2) is 15.4. The normalized spacial score (nSPS) is 23.6. The summed E-state index contributed by atoms with van der Waals surface area (Å²) in [7, 11) is 0. The van der Waals surface area contributed by atoms with E-state index in [0.29, 0.717) is 19.5 Å². The molecule has 2 aliphatic carbocycles. The van der Waals surface area contributed by atoms with Crippen LogP contribution in [0.4, 0.5) is 4.79 Å². The fraction of sp³-hybridized carbons (Fsp3) is 0.818. The SMILES string of the molecule is CCCNC(=O)CCNC(=O)C(=O)[C@H](CCC)NC(=O)[C@@H]1C2C(CN1C(=O)C(NC(=O)OC(C)(C)C)C1CCCCC1)C2(C)C. The van der Waals surface area contributed by atoms with E-state index in [2.05, 4.69) is 35.1 Å². The minimum atomic E-state index is -1.07. The Morgan fingerprint density at radius 2 is 1.58 bits per heavy atom. The van der Waals surface area contributed by atoms with Crippen LogP contribution in [-0.2, 0) is 28.7 Å². The number of carbonyl (C=O) groups excluding carboxylic acids is 6. The van der Waals surface area contributed by atoms with Crippen molar-refractivity contribution in [3.63, 3.8) is 0 Å². The minimum absolute atomic E-state index is 0.00294. The molecule has 3 rings (SSSR count). The van der Waals surface area contributed by atoms with Gasteiger partial charge in [-0.1, -0.05) is 53.4 Å². The second-order valence-electron chi connectivity index (χ2n) is 14.5. The summed E-state index contributed by atoms with van der Waals surface area (Å²) >= 11 is 0. The van der Waals surface area contributed by atoms with E-state index in [0.717, 1.165) is 38.5 Å². The molecule has 0 spiro atoms. The fourth-order valence-electron chi connectivity index (χ4n) is 6.98. The maximum atomic E-state index is 14.2. The Bertz CT molecular complexity index is 1110. The van der Waals surface area contributed by atoms with Crippen molar-refractivity contribution in [1.29, 1.82) is 0 Å². The van der Waals surface area contributed by atoms with E-state index in [1.807, 2.05) is 13.8 Å². The van der Waals surface area contributed by atoms with Crippen LogP contribution < -0.4 is 21.3 Å². The van der Waals surface area contributed by atoms with Gasteiger partial charge in [-0.05, 0) is 69.6 Å². The van der Waals surface area contributed by atoms with E-state index in [9.17, 15) is 28.8 Å². The summed E-state index contributed by atoms with van der Waals surface area (Å²) < 4.78 is 5.50. The fourth-order valence-corrected chi connectivity index (χ4v) is 6.98. The van der Waals surface area contributed by atoms with Crippen LogP contribution >= 0.6 is 0 Å². The molecule has 0 aromatic carbocycles. The van der Waals surface area contributed by atoms with Gasteiger partial charge in [0.1, 0.15) is 17.7 Å². The number of ether oxygens (including phenoxy) is 1. The van der Waals surface area contributed by atoms with Crippen molar-refractivity contribution in [1.82, 2.24) is 26.2 Å². The number of rotatable bonds is 14. The first-order valence-corrected chi connectivity index (χ1v) is 16.8. The molecule has 0 bridgehead atoms. The maximum Gasteiger partial charge on any atom is 0.408 e. The Morgan fingerprint density at radius 3 is 2.18 bits per heavy atom. The van der Waals surface area contributed by atoms with Crippen LogP contribution in [0.25, 0.3) is 0 Å². The van der Waals surface area contributed by atoms with Crippen molar-refractivity contribution in [3.05, 3.63) is 0 Å². The Hall–Kier alpha value is -3.18. The number of alkyl carbamates (subject to hydrolysis) is 1. The first-order chi connectivity index (χ1) is 21.1. The van der Waals surface area contributed by atoms with Gasteiger partial charge in [0.15, 0.2) is 0 Å². The van der Waals surface area contributed by atoms with Gasteiger partial charge in [0, 0.05) is 26.1 Å². The van der Waals surface area contributed by atoms with E-state index in [4.69, 9.17) is 4.74 Å². The molecule has 12 heteroatoms. The molecule has 1 heterocycles. The number of Topliss-reactive ketones (excluding diaryl/α,β-unsaturated/α-hetero) is 1. The van der Waals surface area contributed by atoms with E-state index in [1.54, 1.807) is 25.7 Å². The first kappa shape index (κ1) is 36.3. The number of hydrogen-bond acceptors (Lipinski definition) is 7. The summed E-state index contributed by atoms with van der Waals surface area (Å²) in [5.74, 6) is -2.73. The highest BCUT2D eigenvalue weighted by atomic mass is 16.6. The lowest BCUT2D eigenvalue weighted by Gasteiger charge is -2.37. The molecule has 2 saturated carbocycles. The Balaban J connectivity index is 1.75. The van der Waals surface area contributed by atoms with Gasteiger partial charge in [-0.25, -0.2) is 4.79 Å². The molecule has 5 atom stereocenters. The minimum Gasteiger partial charge on any atom is -0.444 e. The number of nitrogens with one attached hydrogen (secondary N) is 4. The van der Waals surface area contributed by atoms with Crippen LogP contribution in [0.2, 0.25) is 0 Å². The molecule has 45 heavy (non-hydrogen) atoms. The summed E-state index contributed by atoms with van der Waals surface area (Å²) in [6.07, 6.45) is 5.52. The molecular weight excluding hydrogens is 578 g/mol. The molecule has 12 nitrogen and oxygen atoms in total. The lowest BCUT2D eigenvalue weighted by Crippen LogP contribution is -2.59. The van der Waals surface area contributed by atoms with Gasteiger partial charge in [0.2, 0.25) is 23.5 Å². The molecule has 254 valence electrons. The number of fused-ring (bicyclic) bond motifs is 1. The average Bonchev–Trinajstić information content (AvgIpc) is 3.28. The molecule has 1 saturated heterocycles. The van der Waals surface area contributed by atoms with Crippen LogP contribution in [-0.4, -0.2) is 83.8 Å². The van der Waals surface area contributed by atoms with Crippen molar-refractivity contribution in [2.45, 2.75) is 130 Å². The quantitative estimate of drug-likeness (QED) is 0.214. The number of likely N-dealkylation sites (tertiary alicyclic amines) is 1. The van der Waals surface area contributed by atoms with Crippen LogP contribution in [0.15, 0.2) is 0 Å². The number of hydrogen-bond donors (Lipinski definition) is 4. The Kier molecular flexibility index (Phi) is 12.4. The van der Waals surface area contributed by atoms with Crippen molar-refractivity contribution >= 4 is 35.5 Å². The maximum absolute atomic E-state index is 14.2. The predicted octanol–water partition coefficient (Wildman–Crippen LogP) is 2.83. The number of carbonyl (C=O) groups is 6. The van der Waals surface area contributed by atoms with Gasteiger partial charge in [0.05, 0.1) is 6.04 Å². The molecular formula is C33H55N5O7. The zero-order valence-corrected chi connectivity index (χ0v) is 28.3. The highest BCUT2D eigenvalue weighted by Gasteiger charge is 2.69. The Labute approximate surface area is 267 Å². The lowest BCUT2D eigenvalue weighted by molar-refractivity contribution is -0.145. The monoisotopic (exact) mass is 633 g/mol. The number of piperidine rings is 1. The summed E-state index contributed by atoms with van der Waals surface area (Å²) in [4.78, 5) is 80.3. The average molecular weight is 634 g/mol. The Morgan fingerprint density at radius 1 is 0.911 bits per heavy atom. The van der Waals surface area contributed by atoms with Crippen LogP contribution in [0, 0.1) is 23.2 Å². The zero-order valence-electron chi connectivity index (χ0n) is 28.3. The van der Waals surface area contributed by atoms with Crippen LogP contribution in [0.5, 0.6) is 0 Å². The van der Waals surface area contributed by atoms with Crippen molar-refractivity contribution in [3.8, 4) is 0 Å². The van der Waals surface area contributed by atoms with Crippen molar-refractivity contribution in [2.24, 2.45) is 23.2 Å². The van der Waals surface area contributed by atoms with Crippen molar-refractivity contribution < 1.29 is 33.5 Å². The molecule has 3 fully saturated rings. The molecule has 3 aliphatic rings. The molecule has 0 radical (unpaired) electrons. The molecule has 5 amide bonds. The second-order valence-corrected chi connectivity index (χ2v) is 14.5. The first-order valence-electron chi connectivity index (χ1n) is 16.8. The van der Waals surface area contributed by atoms with E-state index in [1.165, 1.54) is 0 Å². The third-order valence-electron chi connectivity index (χ3n) is 9.46. The molecule has 1 aliphatic heterocycles. The smallest absolute Gasteiger partial charge is 0.408 e. The molecule has 0 aromatic heterocycles. The van der Waals surface area contributed by atoms with E-state index < -0.39 is 47.4 Å². The number of ketones is 1. The van der Waals surface area contributed by atoms with Gasteiger partial charge >= 0.3 is 6.09 Å². The van der Waals surface area contributed by atoms with Gasteiger partial charge in [-0.2, -0.15) is 0 Å². The number of amides is 5. The standard InChI is InChI=1S/C33H55N5O7/c1-8-13-22(27(40)29(42)35-18-16-23(39)34-17-9-2)36-28(41)26-24-21(33(24,6)7)19-38(26)30(43)25(20-14-11-10-12-15-20)37-31(44)45-32(3,4)5/h20-22,24-26H,8-19H2,1-7H3,(H,34,39)(H,35,42)(H,36,41)(H,37,44)/t21?,22-,24?,25?,26-/m0/s1. The summed E-state index contributed by atoms with van der Waals surface area (Å²) in [5.41, 5.74) is -0.905. The van der Waals surface area contributed by atoms with E-state index in [-0.39, 0.29) is 54.4 Å². The highest BCUT2D eigenvalue weighted by molar-refractivity contribution is 6.38. The molecule has 0 aromatic rings. The highest BCUT2D eigenvalue weighted by Crippen LogP contribution is 2.65. The van der Waals surface area contributed by atoms with Crippen LogP contribution in [0.1, 0.15) is 106 Å². The van der Waals surface area contributed by atoms with Crippen molar-refractivity contribution in [2.75, 3.05) is 19.6 Å². The summed E-state index contributed by atoms with van der Waals surface area (Å²) in [5, 5.41) is 10.9. The lowest BCUT2D eigenvalue weighted by atomic mass is 9.83. The predicted molar refractivity (Wildman–Crippen MR) is 169 cm³/mol. The third-order valence-corrected chi connectivity index (χ3v) is 9.46. The zero-order chi connectivity index (χ0) is 33.5. The topological polar surface area (TPSA) is 163 Å². The van der Waals surface area contributed by atoms with Gasteiger partial charge in [-0.3, -0.25) is 24.0 Å². The third kappa shape index (κ3) is 9.42. The summed E-state index contributed by atoms with van der Waals surface area (Å²) in [6.45, 7) is 14.1. The molecule has 3 unspecified atom stereocenters. The number of nitrogens with zero attached hydrogens (tertiary/aromatic N) is 1. The van der Waals surface area contributed by atoms with Crippen LogP contribution in [0.3, 0.4) is 0 Å². The van der Waals surface area contributed by atoms with E-state index >= 15 is 0 Å². The van der Waals surface area contributed by atoms with Gasteiger partial charge in [-0.15, -0.1) is 0 Å². The van der Waals surface area contributed by atoms with Gasteiger partial charge in [0.25, 0.3) is 5.91 Å². The molecule has 4 N–H and O–H groups in total. The largest absolute Gasteiger partial charge is 0.444 e.